The van der Waals surface area contributed by atoms with E-state index in [1.54, 1.807) is 6.20 Å². The summed E-state index contributed by atoms with van der Waals surface area (Å²) in [6.07, 6.45) is 4.34. The molecule has 1 aromatic carbocycles. The molecule has 2 aromatic rings. The predicted octanol–water partition coefficient (Wildman–Crippen LogP) is 2.05. The Balaban J connectivity index is 2.91. The number of hydrogen-bond donors (Lipinski definition) is 0. The van der Waals surface area contributed by atoms with E-state index in [4.69, 9.17) is 0 Å². The average Bonchev–Trinajstić information content (AvgIpc) is 2.12. The Kier molecular flexibility index (Phi) is 1.54. The summed E-state index contributed by atoms with van der Waals surface area (Å²) < 4.78 is 0. The summed E-state index contributed by atoms with van der Waals surface area (Å²) in [5.74, 6) is 0. The van der Waals surface area contributed by atoms with Crippen molar-refractivity contribution in [1.29, 1.82) is 0 Å². The first-order valence-corrected chi connectivity index (χ1v) is 3.88. The summed E-state index contributed by atoms with van der Waals surface area (Å²) in [5, 5.41) is 0. The maximum absolute atomic E-state index is 4.17. The fourth-order valence-electron chi connectivity index (χ4n) is 1.22. The first kappa shape index (κ1) is 7.22. The minimum absolute atomic E-state index is 0.942. The van der Waals surface area contributed by atoms with Crippen molar-refractivity contribution in [3.8, 4) is 0 Å². The maximum atomic E-state index is 4.17. The van der Waals surface area contributed by atoms with Crippen molar-refractivity contribution in [2.75, 3.05) is 0 Å². The average molecular weight is 157 g/mol. The van der Waals surface area contributed by atoms with E-state index in [1.165, 1.54) is 11.1 Å². The number of nitrogens with zero attached hydrogens (tertiary/aromatic N) is 2. The van der Waals surface area contributed by atoms with Crippen molar-refractivity contribution < 1.29 is 0 Å². The van der Waals surface area contributed by atoms with Crippen LogP contribution in [0.15, 0.2) is 18.3 Å². The Morgan fingerprint density at radius 3 is 2.92 bits per heavy atom. The van der Waals surface area contributed by atoms with Crippen LogP contribution in [0.2, 0.25) is 0 Å². The largest absolute Gasteiger partial charge is 0.252 e. The molecule has 0 bridgehead atoms. The van der Waals surface area contributed by atoms with Crippen LogP contribution in [-0.4, -0.2) is 9.97 Å². The molecule has 0 saturated carbocycles. The summed E-state index contributed by atoms with van der Waals surface area (Å²) in [5.41, 5.74) is 4.34. The summed E-state index contributed by atoms with van der Waals surface area (Å²) >= 11 is 0. The third-order valence-electron chi connectivity index (χ3n) is 2.12. The summed E-state index contributed by atoms with van der Waals surface area (Å²) in [7, 11) is 0. The molecule has 0 amide bonds. The number of aromatic nitrogens is 2. The molecule has 2 heteroatoms. The van der Waals surface area contributed by atoms with E-state index < -0.39 is 0 Å². The molecule has 2 rings (SSSR count). The zero-order chi connectivity index (χ0) is 8.55. The monoisotopic (exact) mass is 157 g/mol. The van der Waals surface area contributed by atoms with Gasteiger partial charge in [-0.05, 0) is 31.0 Å². The van der Waals surface area contributed by atoms with Crippen molar-refractivity contribution in [1.82, 2.24) is 9.97 Å². The third-order valence-corrected chi connectivity index (χ3v) is 2.12. The fraction of sp³-hybridized carbons (Fsp3) is 0.200. The first-order valence-electron chi connectivity index (χ1n) is 3.88. The SMILES string of the molecule is Cc1ccc2nc[c]nc2c1C. The van der Waals surface area contributed by atoms with E-state index in [0.29, 0.717) is 0 Å². The molecular formula is C10H9N2. The number of fused-ring (bicyclic) bond motifs is 1. The topological polar surface area (TPSA) is 25.8 Å². The van der Waals surface area contributed by atoms with Gasteiger partial charge in [-0.15, -0.1) is 0 Å². The first-order chi connectivity index (χ1) is 5.79. The smallest absolute Gasteiger partial charge is 0.109 e. The maximum Gasteiger partial charge on any atom is 0.109 e. The van der Waals surface area contributed by atoms with Crippen LogP contribution in [0.1, 0.15) is 11.1 Å². The summed E-state index contributed by atoms with van der Waals surface area (Å²) in [6, 6.07) is 4.05. The van der Waals surface area contributed by atoms with Gasteiger partial charge in [0.25, 0.3) is 0 Å². The van der Waals surface area contributed by atoms with Crippen molar-refractivity contribution in [3.63, 3.8) is 0 Å². The quantitative estimate of drug-likeness (QED) is 0.585. The molecule has 1 radical (unpaired) electrons. The molecule has 0 aliphatic carbocycles. The van der Waals surface area contributed by atoms with Gasteiger partial charge in [-0.25, -0.2) is 4.98 Å². The van der Waals surface area contributed by atoms with Crippen LogP contribution in [0.3, 0.4) is 0 Å². The lowest BCUT2D eigenvalue weighted by molar-refractivity contribution is 1.24. The molecule has 0 atom stereocenters. The van der Waals surface area contributed by atoms with Gasteiger partial charge in [0.05, 0.1) is 17.2 Å². The minimum atomic E-state index is 0.942. The molecule has 0 spiro atoms. The fourth-order valence-corrected chi connectivity index (χ4v) is 1.22. The van der Waals surface area contributed by atoms with Gasteiger partial charge in [-0.3, -0.25) is 4.98 Å². The van der Waals surface area contributed by atoms with E-state index in [0.717, 1.165) is 11.0 Å². The Morgan fingerprint density at radius 2 is 2.08 bits per heavy atom. The van der Waals surface area contributed by atoms with Gasteiger partial charge in [0.15, 0.2) is 0 Å². The number of aryl methyl sites for hydroxylation is 2. The van der Waals surface area contributed by atoms with Gasteiger partial charge in [0.1, 0.15) is 6.20 Å². The standard InChI is InChI=1S/C10H9N2/c1-7-3-4-9-10(8(7)2)12-6-5-11-9/h3-5H,1-2H3. The second-order valence-electron chi connectivity index (χ2n) is 2.87. The van der Waals surface area contributed by atoms with Crippen LogP contribution >= 0.6 is 0 Å². The lowest BCUT2D eigenvalue weighted by Gasteiger charge is -2.01. The second-order valence-corrected chi connectivity index (χ2v) is 2.87. The molecule has 12 heavy (non-hydrogen) atoms. The highest BCUT2D eigenvalue weighted by atomic mass is 14.8. The summed E-state index contributed by atoms with van der Waals surface area (Å²) in [6.45, 7) is 4.13. The Labute approximate surface area is 71.3 Å². The third kappa shape index (κ3) is 0.961. The normalized spacial score (nSPS) is 10.5. The van der Waals surface area contributed by atoms with Crippen molar-refractivity contribution >= 4 is 11.0 Å². The molecule has 0 aliphatic heterocycles. The van der Waals surface area contributed by atoms with Crippen molar-refractivity contribution in [2.45, 2.75) is 13.8 Å². The van der Waals surface area contributed by atoms with E-state index in [9.17, 15) is 0 Å². The molecule has 1 aromatic heterocycles. The van der Waals surface area contributed by atoms with E-state index in [2.05, 4.69) is 36.1 Å². The molecule has 0 unspecified atom stereocenters. The van der Waals surface area contributed by atoms with Crippen LogP contribution in [-0.2, 0) is 0 Å². The molecule has 2 nitrogen and oxygen atoms in total. The Hall–Kier alpha value is -1.44. The van der Waals surface area contributed by atoms with Crippen LogP contribution in [0.4, 0.5) is 0 Å². The molecule has 59 valence electrons. The van der Waals surface area contributed by atoms with Gasteiger partial charge < -0.3 is 0 Å². The van der Waals surface area contributed by atoms with Gasteiger partial charge in [0.2, 0.25) is 0 Å². The molecular weight excluding hydrogens is 148 g/mol. The van der Waals surface area contributed by atoms with Gasteiger partial charge in [-0.1, -0.05) is 6.07 Å². The lowest BCUT2D eigenvalue weighted by Crippen LogP contribution is -1.88. The minimum Gasteiger partial charge on any atom is -0.252 e. The van der Waals surface area contributed by atoms with Crippen LogP contribution in [0.5, 0.6) is 0 Å². The number of rotatable bonds is 0. The molecule has 0 aliphatic rings. The van der Waals surface area contributed by atoms with E-state index >= 15 is 0 Å². The summed E-state index contributed by atoms with van der Waals surface area (Å²) in [4.78, 5) is 8.32. The Morgan fingerprint density at radius 1 is 1.25 bits per heavy atom. The zero-order valence-corrected chi connectivity index (χ0v) is 7.13. The highest BCUT2D eigenvalue weighted by molar-refractivity contribution is 5.78. The molecule has 0 saturated heterocycles. The van der Waals surface area contributed by atoms with Crippen LogP contribution in [0.25, 0.3) is 11.0 Å². The van der Waals surface area contributed by atoms with Crippen LogP contribution < -0.4 is 0 Å². The highest BCUT2D eigenvalue weighted by Crippen LogP contribution is 2.16. The van der Waals surface area contributed by atoms with E-state index in [-0.39, 0.29) is 0 Å². The van der Waals surface area contributed by atoms with E-state index in [1.807, 2.05) is 6.07 Å². The number of benzene rings is 1. The molecule has 0 fully saturated rings. The van der Waals surface area contributed by atoms with Gasteiger partial charge in [-0.2, -0.15) is 0 Å². The van der Waals surface area contributed by atoms with Crippen molar-refractivity contribution in [3.05, 3.63) is 35.7 Å². The Bertz CT molecular complexity index is 421. The predicted molar refractivity (Wildman–Crippen MR) is 47.8 cm³/mol. The van der Waals surface area contributed by atoms with Crippen molar-refractivity contribution in [2.24, 2.45) is 0 Å². The lowest BCUT2D eigenvalue weighted by atomic mass is 10.1. The molecule has 1 heterocycles. The van der Waals surface area contributed by atoms with Gasteiger partial charge in [0, 0.05) is 0 Å². The highest BCUT2D eigenvalue weighted by Gasteiger charge is 2.00. The van der Waals surface area contributed by atoms with Crippen LogP contribution in [0, 0.1) is 20.0 Å². The zero-order valence-electron chi connectivity index (χ0n) is 7.13. The second kappa shape index (κ2) is 2.55. The number of hydrogen-bond acceptors (Lipinski definition) is 2. The van der Waals surface area contributed by atoms with Gasteiger partial charge >= 0.3 is 0 Å². The molecule has 0 N–H and O–H groups in total.